The zero-order valence-electron chi connectivity index (χ0n) is 22.2. The van der Waals surface area contributed by atoms with Crippen LogP contribution in [0.4, 0.5) is 0 Å². The number of aliphatic hydroxyl groups excluding tert-OH is 1. The Bertz CT molecular complexity index is 1090. The van der Waals surface area contributed by atoms with Crippen LogP contribution in [-0.4, -0.2) is 81.5 Å². The molecule has 0 amide bonds. The van der Waals surface area contributed by atoms with Gasteiger partial charge >= 0.3 is 0 Å². The number of hydrogen-bond donors (Lipinski definition) is 1. The summed E-state index contributed by atoms with van der Waals surface area (Å²) >= 11 is 0. The van der Waals surface area contributed by atoms with E-state index in [1.165, 1.54) is 11.8 Å². The average Bonchev–Trinajstić information content (AvgIpc) is 2.91. The second kappa shape index (κ2) is 13.1. The fourth-order valence-corrected chi connectivity index (χ4v) is 6.65. The quantitative estimate of drug-likeness (QED) is 0.478. The van der Waals surface area contributed by atoms with Gasteiger partial charge in [-0.1, -0.05) is 30.3 Å². The summed E-state index contributed by atoms with van der Waals surface area (Å²) < 4.78 is 36.6. The van der Waals surface area contributed by atoms with E-state index < -0.39 is 16.1 Å². The smallest absolute Gasteiger partial charge is 0.211 e. The molecule has 204 valence electrons. The van der Waals surface area contributed by atoms with Crippen molar-refractivity contribution >= 4 is 10.0 Å². The van der Waals surface area contributed by atoms with Crippen molar-refractivity contribution in [2.45, 2.75) is 44.6 Å². The molecule has 2 aromatic carbocycles. The number of methoxy groups -OCH3 is 1. The standard InChI is InChI=1S/C29H42N2O5S/c1-35-28-8-5-6-23(20-28)10-11-26-7-3-4-9-29(26)36-22-27(32)21-30-16-12-24(13-17-30)25-14-18-31(19-15-25)37(2,33)34/h3-9,20,24-25,27,32H,10-19,21-22H2,1-2H3. The van der Waals surface area contributed by atoms with Crippen LogP contribution in [0.1, 0.15) is 36.8 Å². The second-order valence-electron chi connectivity index (χ2n) is 10.6. The third-order valence-electron chi connectivity index (χ3n) is 7.96. The number of hydrogen-bond acceptors (Lipinski definition) is 6. The van der Waals surface area contributed by atoms with Crippen molar-refractivity contribution in [1.82, 2.24) is 9.21 Å². The Hall–Kier alpha value is -2.13. The zero-order valence-corrected chi connectivity index (χ0v) is 23.0. The van der Waals surface area contributed by atoms with Crippen molar-refractivity contribution < 1.29 is 23.0 Å². The Kier molecular flexibility index (Phi) is 9.87. The molecule has 7 nitrogen and oxygen atoms in total. The number of benzene rings is 2. The molecule has 0 radical (unpaired) electrons. The van der Waals surface area contributed by atoms with Crippen LogP contribution in [0, 0.1) is 11.8 Å². The third-order valence-corrected chi connectivity index (χ3v) is 9.26. The summed E-state index contributed by atoms with van der Waals surface area (Å²) in [6.45, 7) is 4.16. The molecule has 2 aliphatic heterocycles. The molecule has 2 heterocycles. The van der Waals surface area contributed by atoms with Crippen molar-refractivity contribution in [3.8, 4) is 11.5 Å². The molecule has 37 heavy (non-hydrogen) atoms. The van der Waals surface area contributed by atoms with Gasteiger partial charge in [-0.15, -0.1) is 0 Å². The minimum Gasteiger partial charge on any atom is -0.497 e. The Labute approximate surface area is 222 Å². The first kappa shape index (κ1) is 27.9. The number of nitrogens with zero attached hydrogens (tertiary/aromatic N) is 2. The number of rotatable bonds is 11. The van der Waals surface area contributed by atoms with Gasteiger partial charge in [0.15, 0.2) is 0 Å². The highest BCUT2D eigenvalue weighted by atomic mass is 32.2. The molecule has 0 aromatic heterocycles. The zero-order chi connectivity index (χ0) is 26.3. The van der Waals surface area contributed by atoms with Crippen LogP contribution in [0.5, 0.6) is 11.5 Å². The highest BCUT2D eigenvalue weighted by Crippen LogP contribution is 2.33. The number of aryl methyl sites for hydroxylation is 2. The minimum absolute atomic E-state index is 0.278. The van der Waals surface area contributed by atoms with Crippen molar-refractivity contribution in [1.29, 1.82) is 0 Å². The lowest BCUT2D eigenvalue weighted by atomic mass is 9.79. The van der Waals surface area contributed by atoms with Gasteiger partial charge in [0.25, 0.3) is 0 Å². The number of piperidine rings is 2. The molecular formula is C29H42N2O5S. The number of aliphatic hydroxyl groups is 1. The SMILES string of the molecule is COc1cccc(CCc2ccccc2OCC(O)CN2CCC(C3CCN(S(C)(=O)=O)CC3)CC2)c1. The molecule has 1 unspecified atom stereocenters. The van der Waals surface area contributed by atoms with Crippen LogP contribution < -0.4 is 9.47 Å². The molecule has 0 bridgehead atoms. The van der Waals surface area contributed by atoms with Gasteiger partial charge in [-0.05, 0) is 92.8 Å². The Morgan fingerprint density at radius 3 is 2.30 bits per heavy atom. The van der Waals surface area contributed by atoms with Gasteiger partial charge < -0.3 is 19.5 Å². The van der Waals surface area contributed by atoms with E-state index in [1.54, 1.807) is 11.4 Å². The Morgan fingerprint density at radius 1 is 0.946 bits per heavy atom. The lowest BCUT2D eigenvalue weighted by Crippen LogP contribution is -2.44. The van der Waals surface area contributed by atoms with E-state index >= 15 is 0 Å². The first-order valence-electron chi connectivity index (χ1n) is 13.5. The number of sulfonamides is 1. The highest BCUT2D eigenvalue weighted by Gasteiger charge is 2.32. The topological polar surface area (TPSA) is 79.3 Å². The van der Waals surface area contributed by atoms with Gasteiger partial charge in [0.05, 0.1) is 13.4 Å². The van der Waals surface area contributed by atoms with Crippen LogP contribution in [0.25, 0.3) is 0 Å². The van der Waals surface area contributed by atoms with E-state index in [9.17, 15) is 13.5 Å². The molecule has 0 saturated carbocycles. The molecule has 1 atom stereocenters. The van der Waals surface area contributed by atoms with Crippen LogP contribution >= 0.6 is 0 Å². The number of β-amino-alcohol motifs (C(OH)–C–C–N with tert-alkyl or cyclic N) is 1. The number of likely N-dealkylation sites (tertiary alicyclic amines) is 1. The predicted octanol–water partition coefficient (Wildman–Crippen LogP) is 3.60. The number of ether oxygens (including phenoxy) is 2. The van der Waals surface area contributed by atoms with E-state index in [-0.39, 0.29) is 6.61 Å². The van der Waals surface area contributed by atoms with Crippen LogP contribution in [0.15, 0.2) is 48.5 Å². The van der Waals surface area contributed by atoms with Gasteiger partial charge in [0.1, 0.15) is 24.2 Å². The molecule has 4 rings (SSSR count). The molecule has 8 heteroatoms. The maximum atomic E-state index is 11.8. The summed E-state index contributed by atoms with van der Waals surface area (Å²) in [4.78, 5) is 2.34. The molecule has 0 spiro atoms. The first-order valence-corrected chi connectivity index (χ1v) is 15.4. The molecular weight excluding hydrogens is 488 g/mol. The van der Waals surface area contributed by atoms with E-state index in [4.69, 9.17) is 9.47 Å². The molecule has 2 aliphatic rings. The summed E-state index contributed by atoms with van der Waals surface area (Å²) in [5.74, 6) is 2.97. The highest BCUT2D eigenvalue weighted by molar-refractivity contribution is 7.88. The fraction of sp³-hybridized carbons (Fsp3) is 0.586. The molecule has 2 fully saturated rings. The van der Waals surface area contributed by atoms with Gasteiger partial charge in [-0.2, -0.15) is 0 Å². The molecule has 0 aliphatic carbocycles. The largest absolute Gasteiger partial charge is 0.497 e. The van der Waals surface area contributed by atoms with Gasteiger partial charge in [0, 0.05) is 19.6 Å². The van der Waals surface area contributed by atoms with E-state index in [0.29, 0.717) is 31.5 Å². The molecule has 1 N–H and O–H groups in total. The van der Waals surface area contributed by atoms with Gasteiger partial charge in [-0.3, -0.25) is 0 Å². The monoisotopic (exact) mass is 530 g/mol. The lowest BCUT2D eigenvalue weighted by molar-refractivity contribution is 0.0451. The maximum Gasteiger partial charge on any atom is 0.211 e. The molecule has 2 aromatic rings. The Balaban J connectivity index is 1.19. The van der Waals surface area contributed by atoms with Crippen LogP contribution in [0.2, 0.25) is 0 Å². The summed E-state index contributed by atoms with van der Waals surface area (Å²) in [5, 5.41) is 10.7. The maximum absolute atomic E-state index is 11.8. The minimum atomic E-state index is -3.07. The van der Waals surface area contributed by atoms with Crippen molar-refractivity contribution in [3.63, 3.8) is 0 Å². The van der Waals surface area contributed by atoms with Crippen LogP contribution in [0.3, 0.4) is 0 Å². The predicted molar refractivity (Wildman–Crippen MR) is 147 cm³/mol. The van der Waals surface area contributed by atoms with Crippen LogP contribution in [-0.2, 0) is 22.9 Å². The Morgan fingerprint density at radius 2 is 1.62 bits per heavy atom. The van der Waals surface area contributed by atoms with Crippen molar-refractivity contribution in [3.05, 3.63) is 59.7 Å². The lowest BCUT2D eigenvalue weighted by Gasteiger charge is -2.40. The van der Waals surface area contributed by atoms with E-state index in [2.05, 4.69) is 23.1 Å². The van der Waals surface area contributed by atoms with Crippen molar-refractivity contribution in [2.24, 2.45) is 11.8 Å². The summed E-state index contributed by atoms with van der Waals surface area (Å²) in [6, 6.07) is 16.2. The van der Waals surface area contributed by atoms with Gasteiger partial charge in [0.2, 0.25) is 10.0 Å². The van der Waals surface area contributed by atoms with Crippen molar-refractivity contribution in [2.75, 3.05) is 52.7 Å². The number of para-hydroxylation sites is 1. The van der Waals surface area contributed by atoms with Gasteiger partial charge in [-0.25, -0.2) is 12.7 Å². The first-order chi connectivity index (χ1) is 17.8. The molecule has 2 saturated heterocycles. The normalized spacial score (nSPS) is 19.5. The third kappa shape index (κ3) is 8.18. The van der Waals surface area contributed by atoms with E-state index in [1.807, 2.05) is 30.3 Å². The average molecular weight is 531 g/mol. The fourth-order valence-electron chi connectivity index (χ4n) is 5.78. The summed E-state index contributed by atoms with van der Waals surface area (Å²) in [6.07, 6.45) is 6.67. The summed E-state index contributed by atoms with van der Waals surface area (Å²) in [7, 11) is -1.39. The summed E-state index contributed by atoms with van der Waals surface area (Å²) in [5.41, 5.74) is 2.36. The van der Waals surface area contributed by atoms with E-state index in [0.717, 1.165) is 68.7 Å². The second-order valence-corrected chi connectivity index (χ2v) is 12.5.